The van der Waals surface area contributed by atoms with Gasteiger partial charge in [0.05, 0.1) is 37.2 Å². The monoisotopic (exact) mass is 448 g/mol. The SMILES string of the molecule is CCO[C@H]1CN(C(=O)OC)C[C@H]1Nc1nc(CC)c(I)nc1CC. The van der Waals surface area contributed by atoms with Crippen molar-refractivity contribution in [1.29, 1.82) is 0 Å². The fourth-order valence-corrected chi connectivity index (χ4v) is 3.61. The quantitative estimate of drug-likeness (QED) is 0.675. The van der Waals surface area contributed by atoms with Crippen LogP contribution in [0.4, 0.5) is 10.6 Å². The van der Waals surface area contributed by atoms with Gasteiger partial charge in [0.2, 0.25) is 0 Å². The molecule has 2 atom stereocenters. The number of nitrogens with one attached hydrogen (secondary N) is 1. The van der Waals surface area contributed by atoms with Crippen LogP contribution in [0.2, 0.25) is 0 Å². The van der Waals surface area contributed by atoms with Crippen LogP contribution in [0.1, 0.15) is 32.2 Å². The van der Waals surface area contributed by atoms with Crippen molar-refractivity contribution < 1.29 is 14.3 Å². The van der Waals surface area contributed by atoms with E-state index in [2.05, 4.69) is 46.7 Å². The Morgan fingerprint density at radius 3 is 2.54 bits per heavy atom. The molecule has 1 N–H and O–H groups in total. The molecular formula is C16H25IN4O3. The summed E-state index contributed by atoms with van der Waals surface area (Å²) in [6.45, 7) is 7.71. The van der Waals surface area contributed by atoms with Crippen LogP contribution in [0, 0.1) is 3.70 Å². The lowest BCUT2D eigenvalue weighted by Gasteiger charge is -2.21. The number of hydrogen-bond acceptors (Lipinski definition) is 6. The molecule has 1 amide bonds. The summed E-state index contributed by atoms with van der Waals surface area (Å²) in [6, 6.07) is -0.0339. The zero-order valence-corrected chi connectivity index (χ0v) is 16.8. The normalized spacial score (nSPS) is 20.3. The Bertz CT molecular complexity index is 585. The Labute approximate surface area is 156 Å². The molecule has 24 heavy (non-hydrogen) atoms. The van der Waals surface area contributed by atoms with E-state index in [4.69, 9.17) is 14.5 Å². The molecule has 0 unspecified atom stereocenters. The summed E-state index contributed by atoms with van der Waals surface area (Å²) in [4.78, 5) is 22.9. The highest BCUT2D eigenvalue weighted by Crippen LogP contribution is 2.22. The van der Waals surface area contributed by atoms with Crippen molar-refractivity contribution in [2.75, 3.05) is 32.1 Å². The Balaban J connectivity index is 2.22. The fourth-order valence-electron chi connectivity index (χ4n) is 2.82. The van der Waals surface area contributed by atoms with Crippen molar-refractivity contribution in [3.05, 3.63) is 15.1 Å². The van der Waals surface area contributed by atoms with Crippen molar-refractivity contribution in [2.45, 2.75) is 45.8 Å². The van der Waals surface area contributed by atoms with Crippen LogP contribution < -0.4 is 5.32 Å². The molecule has 1 saturated heterocycles. The Morgan fingerprint density at radius 2 is 1.96 bits per heavy atom. The van der Waals surface area contributed by atoms with E-state index in [1.807, 2.05) is 6.92 Å². The Hall–Kier alpha value is -1.16. The number of hydrogen-bond donors (Lipinski definition) is 1. The summed E-state index contributed by atoms with van der Waals surface area (Å²) < 4.78 is 11.6. The number of amides is 1. The predicted octanol–water partition coefficient (Wildman–Crippen LogP) is 2.47. The van der Waals surface area contributed by atoms with Gasteiger partial charge >= 0.3 is 6.09 Å². The third kappa shape index (κ3) is 4.27. The number of methoxy groups -OCH3 is 1. The molecule has 134 valence electrons. The maximum atomic E-state index is 11.8. The number of rotatable bonds is 6. The van der Waals surface area contributed by atoms with E-state index in [-0.39, 0.29) is 18.2 Å². The number of aryl methyl sites for hydroxylation is 2. The lowest BCUT2D eigenvalue weighted by Crippen LogP contribution is -2.35. The fraction of sp³-hybridized carbons (Fsp3) is 0.688. The van der Waals surface area contributed by atoms with Crippen LogP contribution in [-0.4, -0.2) is 59.9 Å². The van der Waals surface area contributed by atoms with Crippen LogP contribution >= 0.6 is 22.6 Å². The number of likely N-dealkylation sites (tertiary alicyclic amines) is 1. The van der Waals surface area contributed by atoms with Gasteiger partial charge in [-0.1, -0.05) is 13.8 Å². The van der Waals surface area contributed by atoms with Gasteiger partial charge in [-0.3, -0.25) is 0 Å². The molecule has 1 aromatic rings. The molecule has 1 aliphatic heterocycles. The number of nitrogens with zero attached hydrogens (tertiary/aromatic N) is 3. The van der Waals surface area contributed by atoms with E-state index >= 15 is 0 Å². The summed E-state index contributed by atoms with van der Waals surface area (Å²) in [6.07, 6.45) is 1.20. The summed E-state index contributed by atoms with van der Waals surface area (Å²) in [7, 11) is 1.39. The van der Waals surface area contributed by atoms with Crippen LogP contribution in [0.25, 0.3) is 0 Å². The predicted molar refractivity (Wildman–Crippen MR) is 100 cm³/mol. The number of halogens is 1. The van der Waals surface area contributed by atoms with E-state index in [9.17, 15) is 4.79 Å². The van der Waals surface area contributed by atoms with Gasteiger partial charge in [-0.05, 0) is 42.4 Å². The first-order chi connectivity index (χ1) is 11.5. The number of anilines is 1. The maximum Gasteiger partial charge on any atom is 0.409 e. The van der Waals surface area contributed by atoms with Crippen molar-refractivity contribution >= 4 is 34.5 Å². The summed E-state index contributed by atoms with van der Waals surface area (Å²) >= 11 is 2.23. The van der Waals surface area contributed by atoms with E-state index in [0.29, 0.717) is 19.7 Å². The highest BCUT2D eigenvalue weighted by Gasteiger charge is 2.37. The molecule has 0 bridgehead atoms. The first-order valence-corrected chi connectivity index (χ1v) is 9.38. The van der Waals surface area contributed by atoms with E-state index in [1.54, 1.807) is 4.90 Å². The van der Waals surface area contributed by atoms with Gasteiger partial charge in [-0.15, -0.1) is 0 Å². The second-order valence-electron chi connectivity index (χ2n) is 5.58. The average molecular weight is 448 g/mol. The molecule has 0 spiro atoms. The summed E-state index contributed by atoms with van der Waals surface area (Å²) in [5.41, 5.74) is 1.91. The van der Waals surface area contributed by atoms with Gasteiger partial charge in [-0.25, -0.2) is 14.8 Å². The standard InChI is InChI=1S/C16H25IN4O3/c1-5-10-14(17)18-11(6-2)15(19-10)20-12-8-21(16(22)23-4)9-13(12)24-7-3/h12-13H,5-9H2,1-4H3,(H,19,20)/t12-,13+/m1/s1. The molecule has 0 aliphatic carbocycles. The third-order valence-electron chi connectivity index (χ3n) is 4.06. The molecule has 1 aromatic heterocycles. The van der Waals surface area contributed by atoms with E-state index in [1.165, 1.54) is 7.11 Å². The number of aromatic nitrogens is 2. The smallest absolute Gasteiger partial charge is 0.409 e. The number of carbonyl (C=O) groups excluding carboxylic acids is 1. The molecule has 0 aromatic carbocycles. The average Bonchev–Trinajstić information content (AvgIpc) is 2.98. The van der Waals surface area contributed by atoms with Gasteiger partial charge < -0.3 is 19.7 Å². The third-order valence-corrected chi connectivity index (χ3v) is 4.93. The van der Waals surface area contributed by atoms with Crippen LogP contribution in [0.3, 0.4) is 0 Å². The largest absolute Gasteiger partial charge is 0.453 e. The van der Waals surface area contributed by atoms with Crippen molar-refractivity contribution in [3.8, 4) is 0 Å². The number of carbonyl (C=O) groups is 1. The summed E-state index contributed by atoms with van der Waals surface area (Å²) in [5.74, 6) is 0.788. The second kappa shape index (κ2) is 8.80. The lowest BCUT2D eigenvalue weighted by atomic mass is 10.2. The van der Waals surface area contributed by atoms with Crippen LogP contribution in [0.5, 0.6) is 0 Å². The van der Waals surface area contributed by atoms with E-state index < -0.39 is 0 Å². The molecular weight excluding hydrogens is 423 g/mol. The molecule has 1 aliphatic rings. The van der Waals surface area contributed by atoms with Crippen molar-refractivity contribution in [3.63, 3.8) is 0 Å². The molecule has 2 heterocycles. The minimum Gasteiger partial charge on any atom is -0.453 e. The van der Waals surface area contributed by atoms with Gasteiger partial charge in [0.1, 0.15) is 9.52 Å². The molecule has 1 fully saturated rings. The topological polar surface area (TPSA) is 76.6 Å². The van der Waals surface area contributed by atoms with Crippen LogP contribution in [-0.2, 0) is 22.3 Å². The van der Waals surface area contributed by atoms with Crippen molar-refractivity contribution in [2.24, 2.45) is 0 Å². The zero-order chi connectivity index (χ0) is 17.7. The van der Waals surface area contributed by atoms with Crippen molar-refractivity contribution in [1.82, 2.24) is 14.9 Å². The zero-order valence-electron chi connectivity index (χ0n) is 14.6. The summed E-state index contributed by atoms with van der Waals surface area (Å²) in [5, 5.41) is 3.45. The van der Waals surface area contributed by atoms with Gasteiger partial charge in [0.25, 0.3) is 0 Å². The molecule has 7 nitrogen and oxygen atoms in total. The van der Waals surface area contributed by atoms with Gasteiger partial charge in [0.15, 0.2) is 0 Å². The molecule has 2 rings (SSSR count). The number of ether oxygens (including phenoxy) is 2. The highest BCUT2D eigenvalue weighted by atomic mass is 127. The van der Waals surface area contributed by atoms with E-state index in [0.717, 1.165) is 33.7 Å². The highest BCUT2D eigenvalue weighted by molar-refractivity contribution is 14.1. The lowest BCUT2D eigenvalue weighted by molar-refractivity contribution is 0.0613. The first kappa shape index (κ1) is 19.2. The van der Waals surface area contributed by atoms with Gasteiger partial charge in [-0.2, -0.15) is 0 Å². The molecule has 8 heteroatoms. The second-order valence-corrected chi connectivity index (χ2v) is 6.60. The van der Waals surface area contributed by atoms with Crippen LogP contribution in [0.15, 0.2) is 0 Å². The maximum absolute atomic E-state index is 11.8. The van der Waals surface area contributed by atoms with Gasteiger partial charge in [0, 0.05) is 13.2 Å². The Morgan fingerprint density at radius 1 is 1.25 bits per heavy atom. The molecule has 0 saturated carbocycles. The minimum atomic E-state index is -0.331. The molecule has 0 radical (unpaired) electrons. The Kier molecular flexibility index (Phi) is 7.02. The first-order valence-electron chi connectivity index (χ1n) is 8.30. The minimum absolute atomic E-state index is 0.0339.